The van der Waals surface area contributed by atoms with E-state index < -0.39 is 0 Å². The molecular weight excluding hydrogens is 209 g/mol. The minimum absolute atomic E-state index is 0.233. The molecule has 0 unspecified atom stereocenters. The molecule has 1 aromatic heterocycles. The number of nitrogens with two attached hydrogens (primary N) is 1. The standard InChI is InChI=1S/C11H12FN3O/c1-2-9(13)11-14-10(15-16-11)7-5-3-4-6-8(7)12/h3-6,9H,2,13H2,1H3/t9-/m1/s1. The van der Waals surface area contributed by atoms with E-state index in [0.717, 1.165) is 0 Å². The third kappa shape index (κ3) is 1.94. The van der Waals surface area contributed by atoms with Gasteiger partial charge in [0.25, 0.3) is 0 Å². The Balaban J connectivity index is 2.35. The van der Waals surface area contributed by atoms with Crippen LogP contribution < -0.4 is 5.73 Å². The molecule has 0 spiro atoms. The van der Waals surface area contributed by atoms with Gasteiger partial charge in [0, 0.05) is 0 Å². The normalized spacial score (nSPS) is 12.7. The van der Waals surface area contributed by atoms with Gasteiger partial charge in [-0.25, -0.2) is 4.39 Å². The van der Waals surface area contributed by atoms with Crippen molar-refractivity contribution in [2.45, 2.75) is 19.4 Å². The molecule has 1 heterocycles. The summed E-state index contributed by atoms with van der Waals surface area (Å²) in [6.45, 7) is 1.91. The lowest BCUT2D eigenvalue weighted by molar-refractivity contribution is 0.352. The zero-order valence-electron chi connectivity index (χ0n) is 8.85. The maximum Gasteiger partial charge on any atom is 0.243 e. The monoisotopic (exact) mass is 221 g/mol. The molecule has 0 aliphatic carbocycles. The molecule has 0 aliphatic rings. The third-order valence-electron chi connectivity index (χ3n) is 2.31. The zero-order valence-corrected chi connectivity index (χ0v) is 8.85. The number of benzene rings is 1. The summed E-state index contributed by atoms with van der Waals surface area (Å²) in [5.74, 6) is 0.192. The van der Waals surface area contributed by atoms with Crippen LogP contribution in [0.5, 0.6) is 0 Å². The van der Waals surface area contributed by atoms with Gasteiger partial charge in [-0.3, -0.25) is 0 Å². The summed E-state index contributed by atoms with van der Waals surface area (Å²) < 4.78 is 18.4. The van der Waals surface area contributed by atoms with Gasteiger partial charge in [0.15, 0.2) is 0 Å². The van der Waals surface area contributed by atoms with Crippen LogP contribution in [0.4, 0.5) is 4.39 Å². The van der Waals surface area contributed by atoms with Crippen LogP contribution in [0.3, 0.4) is 0 Å². The number of hydrogen-bond acceptors (Lipinski definition) is 4. The maximum absolute atomic E-state index is 13.4. The van der Waals surface area contributed by atoms with Crippen molar-refractivity contribution in [1.82, 2.24) is 10.1 Å². The van der Waals surface area contributed by atoms with Gasteiger partial charge in [-0.05, 0) is 18.6 Å². The van der Waals surface area contributed by atoms with Gasteiger partial charge in [-0.15, -0.1) is 0 Å². The molecule has 0 saturated carbocycles. The number of aromatic nitrogens is 2. The smallest absolute Gasteiger partial charge is 0.243 e. The molecular formula is C11H12FN3O. The van der Waals surface area contributed by atoms with Crippen molar-refractivity contribution in [3.8, 4) is 11.4 Å². The Hall–Kier alpha value is -1.75. The lowest BCUT2D eigenvalue weighted by Gasteiger charge is -1.99. The summed E-state index contributed by atoms with van der Waals surface area (Å²) in [4.78, 5) is 4.07. The average Bonchev–Trinajstić information content (AvgIpc) is 2.78. The quantitative estimate of drug-likeness (QED) is 0.863. The fourth-order valence-corrected chi connectivity index (χ4v) is 1.31. The molecule has 0 saturated heterocycles. The van der Waals surface area contributed by atoms with Gasteiger partial charge < -0.3 is 10.3 Å². The van der Waals surface area contributed by atoms with Crippen molar-refractivity contribution in [2.24, 2.45) is 5.73 Å². The SMILES string of the molecule is CC[C@@H](N)c1nc(-c2ccccc2F)no1. The van der Waals surface area contributed by atoms with Crippen LogP contribution in [0.25, 0.3) is 11.4 Å². The molecule has 5 heteroatoms. The fourth-order valence-electron chi connectivity index (χ4n) is 1.31. The van der Waals surface area contributed by atoms with Crippen LogP contribution in [0.1, 0.15) is 25.3 Å². The van der Waals surface area contributed by atoms with E-state index in [4.69, 9.17) is 10.3 Å². The van der Waals surface area contributed by atoms with Crippen molar-refractivity contribution in [2.75, 3.05) is 0 Å². The summed E-state index contributed by atoms with van der Waals surface area (Å²) in [5, 5.41) is 3.71. The van der Waals surface area contributed by atoms with Crippen LogP contribution in [0.15, 0.2) is 28.8 Å². The third-order valence-corrected chi connectivity index (χ3v) is 2.31. The Morgan fingerprint density at radius 2 is 2.19 bits per heavy atom. The van der Waals surface area contributed by atoms with Crippen molar-refractivity contribution in [3.05, 3.63) is 36.0 Å². The van der Waals surface area contributed by atoms with E-state index in [1.807, 2.05) is 6.92 Å². The van der Waals surface area contributed by atoms with Crippen LogP contribution in [0.2, 0.25) is 0 Å². The predicted molar refractivity (Wildman–Crippen MR) is 56.9 cm³/mol. The highest BCUT2D eigenvalue weighted by Crippen LogP contribution is 2.21. The molecule has 0 aliphatic heterocycles. The van der Waals surface area contributed by atoms with Gasteiger partial charge in [0.2, 0.25) is 11.7 Å². The fraction of sp³-hybridized carbons (Fsp3) is 0.273. The van der Waals surface area contributed by atoms with Crippen LogP contribution in [-0.2, 0) is 0 Å². The van der Waals surface area contributed by atoms with Gasteiger partial charge in [-0.2, -0.15) is 4.98 Å². The molecule has 1 atom stereocenters. The number of rotatable bonds is 3. The molecule has 0 radical (unpaired) electrons. The number of hydrogen-bond donors (Lipinski definition) is 1. The lowest BCUT2D eigenvalue weighted by Crippen LogP contribution is -2.08. The maximum atomic E-state index is 13.4. The van der Waals surface area contributed by atoms with E-state index in [-0.39, 0.29) is 17.7 Å². The number of halogens is 1. The van der Waals surface area contributed by atoms with Gasteiger partial charge in [0.1, 0.15) is 5.82 Å². The van der Waals surface area contributed by atoms with Crippen LogP contribution in [0, 0.1) is 5.82 Å². The first kappa shape index (κ1) is 10.8. The first-order valence-corrected chi connectivity index (χ1v) is 5.06. The van der Waals surface area contributed by atoms with E-state index in [1.54, 1.807) is 18.2 Å². The minimum atomic E-state index is -0.375. The van der Waals surface area contributed by atoms with E-state index in [2.05, 4.69) is 10.1 Å². The van der Waals surface area contributed by atoms with Gasteiger partial charge in [0.05, 0.1) is 11.6 Å². The molecule has 0 amide bonds. The van der Waals surface area contributed by atoms with E-state index in [0.29, 0.717) is 17.9 Å². The Morgan fingerprint density at radius 3 is 2.88 bits per heavy atom. The Bertz CT molecular complexity index is 484. The van der Waals surface area contributed by atoms with Crippen LogP contribution >= 0.6 is 0 Å². The average molecular weight is 221 g/mol. The second kappa shape index (κ2) is 4.40. The van der Waals surface area contributed by atoms with E-state index in [9.17, 15) is 4.39 Å². The highest BCUT2D eigenvalue weighted by molar-refractivity contribution is 5.54. The van der Waals surface area contributed by atoms with Crippen molar-refractivity contribution < 1.29 is 8.91 Å². The molecule has 2 aromatic rings. The second-order valence-electron chi connectivity index (χ2n) is 3.45. The molecule has 1 aromatic carbocycles. The first-order valence-electron chi connectivity index (χ1n) is 5.06. The topological polar surface area (TPSA) is 64.9 Å². The summed E-state index contributed by atoms with van der Waals surface area (Å²) in [5.41, 5.74) is 6.05. The molecule has 2 rings (SSSR count). The molecule has 16 heavy (non-hydrogen) atoms. The van der Waals surface area contributed by atoms with Crippen LogP contribution in [-0.4, -0.2) is 10.1 Å². The Labute approximate surface area is 92.3 Å². The molecule has 0 bridgehead atoms. The summed E-state index contributed by atoms with van der Waals surface area (Å²) >= 11 is 0. The van der Waals surface area contributed by atoms with Crippen molar-refractivity contribution >= 4 is 0 Å². The first-order chi connectivity index (χ1) is 7.72. The largest absolute Gasteiger partial charge is 0.337 e. The summed E-state index contributed by atoms with van der Waals surface area (Å²) in [6.07, 6.45) is 0.693. The molecule has 0 fully saturated rings. The molecule has 84 valence electrons. The van der Waals surface area contributed by atoms with Gasteiger partial charge in [-0.1, -0.05) is 24.2 Å². The van der Waals surface area contributed by atoms with Gasteiger partial charge >= 0.3 is 0 Å². The Morgan fingerprint density at radius 1 is 1.44 bits per heavy atom. The highest BCUT2D eigenvalue weighted by Gasteiger charge is 2.15. The van der Waals surface area contributed by atoms with E-state index in [1.165, 1.54) is 6.07 Å². The second-order valence-corrected chi connectivity index (χ2v) is 3.45. The lowest BCUT2D eigenvalue weighted by atomic mass is 10.2. The summed E-state index contributed by atoms with van der Waals surface area (Å²) in [7, 11) is 0. The Kier molecular flexibility index (Phi) is 2.96. The van der Waals surface area contributed by atoms with Crippen molar-refractivity contribution in [1.29, 1.82) is 0 Å². The molecule has 2 N–H and O–H groups in total. The summed E-state index contributed by atoms with van der Waals surface area (Å²) in [6, 6.07) is 5.98. The predicted octanol–water partition coefficient (Wildman–Crippen LogP) is 2.29. The highest BCUT2D eigenvalue weighted by atomic mass is 19.1. The number of nitrogens with zero attached hydrogens (tertiary/aromatic N) is 2. The zero-order chi connectivity index (χ0) is 11.5. The van der Waals surface area contributed by atoms with E-state index >= 15 is 0 Å². The molecule has 4 nitrogen and oxygen atoms in total. The minimum Gasteiger partial charge on any atom is -0.337 e. The van der Waals surface area contributed by atoms with Crippen molar-refractivity contribution in [3.63, 3.8) is 0 Å².